The Labute approximate surface area is 125 Å². The van der Waals surface area contributed by atoms with Crippen molar-refractivity contribution < 1.29 is 18.0 Å². The lowest BCUT2D eigenvalue weighted by Crippen LogP contribution is -2.45. The summed E-state index contributed by atoms with van der Waals surface area (Å²) in [5, 5.41) is 0.564. The Morgan fingerprint density at radius 3 is 2.05 bits per heavy atom. The summed E-state index contributed by atoms with van der Waals surface area (Å²) >= 11 is 0. The first kappa shape index (κ1) is 17.7. The predicted molar refractivity (Wildman–Crippen MR) is 81.7 cm³/mol. The fraction of sp³-hybridized carbons (Fsp3) is 0.533. The molecule has 0 aliphatic carbocycles. The summed E-state index contributed by atoms with van der Waals surface area (Å²) in [7, 11) is -2.07. The van der Waals surface area contributed by atoms with E-state index in [1.807, 2.05) is 19.6 Å². The molecule has 0 aliphatic heterocycles. The SMILES string of the molecule is CCN(CC)C(=O)c1c(C(F)(F)F)cccc1[Si](C)(C)C. The van der Waals surface area contributed by atoms with Gasteiger partial charge in [0.15, 0.2) is 0 Å². The molecular weight excluding hydrogens is 295 g/mol. The lowest BCUT2D eigenvalue weighted by molar-refractivity contribution is -0.137. The van der Waals surface area contributed by atoms with E-state index in [9.17, 15) is 18.0 Å². The first-order valence-corrected chi connectivity index (χ1v) is 10.5. The van der Waals surface area contributed by atoms with Gasteiger partial charge in [0.25, 0.3) is 5.91 Å². The van der Waals surface area contributed by atoms with Crippen LogP contribution in [-0.4, -0.2) is 32.0 Å². The molecule has 2 nitrogen and oxygen atoms in total. The fourth-order valence-electron chi connectivity index (χ4n) is 2.31. The van der Waals surface area contributed by atoms with E-state index >= 15 is 0 Å². The normalized spacial score (nSPS) is 12.4. The second-order valence-electron chi connectivity index (χ2n) is 5.95. The average Bonchev–Trinajstić information content (AvgIpc) is 2.37. The Bertz CT molecular complexity index is 484. The van der Waals surface area contributed by atoms with E-state index in [4.69, 9.17) is 0 Å². The molecule has 0 N–H and O–H groups in total. The number of hydrogen-bond donors (Lipinski definition) is 0. The summed E-state index contributed by atoms with van der Waals surface area (Å²) in [5.74, 6) is -0.523. The molecule has 0 fully saturated rings. The van der Waals surface area contributed by atoms with E-state index in [1.165, 1.54) is 11.0 Å². The molecule has 0 saturated heterocycles. The van der Waals surface area contributed by atoms with Gasteiger partial charge in [-0.05, 0) is 25.1 Å². The quantitative estimate of drug-likeness (QED) is 0.775. The number of carbonyl (C=O) groups is 1. The molecule has 21 heavy (non-hydrogen) atoms. The van der Waals surface area contributed by atoms with Crippen LogP contribution in [0.4, 0.5) is 13.2 Å². The van der Waals surface area contributed by atoms with Crippen LogP contribution in [0.25, 0.3) is 0 Å². The molecule has 0 aliphatic rings. The van der Waals surface area contributed by atoms with Crippen molar-refractivity contribution in [3.8, 4) is 0 Å². The van der Waals surface area contributed by atoms with Gasteiger partial charge >= 0.3 is 6.18 Å². The highest BCUT2D eigenvalue weighted by atomic mass is 28.3. The van der Waals surface area contributed by atoms with Crippen molar-refractivity contribution in [3.63, 3.8) is 0 Å². The van der Waals surface area contributed by atoms with Gasteiger partial charge in [0.2, 0.25) is 0 Å². The monoisotopic (exact) mass is 317 g/mol. The number of benzene rings is 1. The topological polar surface area (TPSA) is 20.3 Å². The van der Waals surface area contributed by atoms with Crippen molar-refractivity contribution in [2.75, 3.05) is 13.1 Å². The molecule has 0 spiro atoms. The van der Waals surface area contributed by atoms with Crippen molar-refractivity contribution in [3.05, 3.63) is 29.3 Å². The second kappa shape index (κ2) is 6.21. The third-order valence-corrected chi connectivity index (χ3v) is 5.48. The van der Waals surface area contributed by atoms with Crippen molar-refractivity contribution in [1.82, 2.24) is 4.90 Å². The van der Waals surface area contributed by atoms with Crippen LogP contribution < -0.4 is 5.19 Å². The Hall–Kier alpha value is -1.30. The molecule has 6 heteroatoms. The van der Waals surface area contributed by atoms with Crippen LogP contribution in [0.15, 0.2) is 18.2 Å². The first-order valence-electron chi connectivity index (χ1n) is 7.04. The van der Waals surface area contributed by atoms with E-state index in [-0.39, 0.29) is 5.56 Å². The fourth-order valence-corrected chi connectivity index (χ4v) is 3.90. The van der Waals surface area contributed by atoms with Crippen LogP contribution >= 0.6 is 0 Å². The highest BCUT2D eigenvalue weighted by Crippen LogP contribution is 2.32. The molecule has 0 atom stereocenters. The molecule has 0 heterocycles. The van der Waals surface area contributed by atoms with E-state index in [0.717, 1.165) is 6.07 Å². The van der Waals surface area contributed by atoms with Crippen LogP contribution in [0.5, 0.6) is 0 Å². The Morgan fingerprint density at radius 2 is 1.67 bits per heavy atom. The molecule has 0 unspecified atom stereocenters. The summed E-state index contributed by atoms with van der Waals surface area (Å²) in [6, 6.07) is 4.06. The third-order valence-electron chi connectivity index (χ3n) is 3.44. The number of halogens is 3. The molecule has 1 aromatic carbocycles. The highest BCUT2D eigenvalue weighted by Gasteiger charge is 2.39. The number of nitrogens with zero attached hydrogens (tertiary/aromatic N) is 1. The molecule has 1 amide bonds. The molecule has 0 radical (unpaired) electrons. The highest BCUT2D eigenvalue weighted by molar-refractivity contribution is 6.89. The van der Waals surface area contributed by atoms with Gasteiger partial charge in [-0.25, -0.2) is 0 Å². The van der Waals surface area contributed by atoms with Gasteiger partial charge in [-0.15, -0.1) is 0 Å². The zero-order valence-corrected chi connectivity index (χ0v) is 14.1. The summed E-state index contributed by atoms with van der Waals surface area (Å²) in [4.78, 5) is 14.0. The summed E-state index contributed by atoms with van der Waals surface area (Å²) in [6.07, 6.45) is -4.52. The molecule has 1 rings (SSSR count). The van der Waals surface area contributed by atoms with Crippen molar-refractivity contribution in [2.45, 2.75) is 39.7 Å². The second-order valence-corrected chi connectivity index (χ2v) is 11.0. The number of amides is 1. The Morgan fingerprint density at radius 1 is 1.14 bits per heavy atom. The smallest absolute Gasteiger partial charge is 0.339 e. The van der Waals surface area contributed by atoms with Gasteiger partial charge in [0, 0.05) is 13.1 Å². The zero-order chi connectivity index (χ0) is 16.4. The first-order chi connectivity index (χ1) is 9.54. The maximum atomic E-state index is 13.3. The van der Waals surface area contributed by atoms with Crippen LogP contribution in [0.1, 0.15) is 29.8 Å². The maximum Gasteiger partial charge on any atom is 0.417 e. The van der Waals surface area contributed by atoms with Crippen molar-refractivity contribution in [2.24, 2.45) is 0 Å². The Balaban J connectivity index is 3.61. The van der Waals surface area contributed by atoms with Crippen LogP contribution in [0.2, 0.25) is 19.6 Å². The van der Waals surface area contributed by atoms with E-state index in [2.05, 4.69) is 0 Å². The minimum Gasteiger partial charge on any atom is -0.339 e. The number of carbonyl (C=O) groups excluding carboxylic acids is 1. The zero-order valence-electron chi connectivity index (χ0n) is 13.1. The largest absolute Gasteiger partial charge is 0.417 e. The standard InChI is InChI=1S/C15H22F3NOSi/c1-6-19(7-2)14(20)13-11(15(16,17)18)9-8-10-12(13)21(3,4)5/h8-10H,6-7H2,1-5H3. The molecule has 118 valence electrons. The molecule has 0 aromatic heterocycles. The molecule has 0 bridgehead atoms. The molecular formula is C15H22F3NOSi. The minimum atomic E-state index is -4.52. The molecule has 1 aromatic rings. The van der Waals surface area contributed by atoms with Crippen molar-refractivity contribution in [1.29, 1.82) is 0 Å². The number of alkyl halides is 3. The van der Waals surface area contributed by atoms with E-state index < -0.39 is 25.7 Å². The lowest BCUT2D eigenvalue weighted by Gasteiger charge is -2.27. The lowest BCUT2D eigenvalue weighted by atomic mass is 10.1. The van der Waals surface area contributed by atoms with Gasteiger partial charge in [-0.1, -0.05) is 31.8 Å². The van der Waals surface area contributed by atoms with Gasteiger partial charge in [-0.2, -0.15) is 13.2 Å². The van der Waals surface area contributed by atoms with Gasteiger partial charge in [0.05, 0.1) is 19.2 Å². The van der Waals surface area contributed by atoms with Gasteiger partial charge in [0.1, 0.15) is 0 Å². The Kier molecular flexibility index (Phi) is 5.25. The van der Waals surface area contributed by atoms with E-state index in [0.29, 0.717) is 18.3 Å². The minimum absolute atomic E-state index is 0.159. The van der Waals surface area contributed by atoms with Crippen LogP contribution in [0.3, 0.4) is 0 Å². The van der Waals surface area contributed by atoms with Crippen LogP contribution in [-0.2, 0) is 6.18 Å². The summed E-state index contributed by atoms with van der Waals surface area (Å²) in [6.45, 7) is 10.2. The van der Waals surface area contributed by atoms with Gasteiger partial charge in [-0.3, -0.25) is 4.79 Å². The van der Waals surface area contributed by atoms with Gasteiger partial charge < -0.3 is 4.90 Å². The summed E-state index contributed by atoms with van der Waals surface area (Å²) < 4.78 is 39.9. The average molecular weight is 317 g/mol. The van der Waals surface area contributed by atoms with E-state index in [1.54, 1.807) is 19.9 Å². The third kappa shape index (κ3) is 3.87. The van der Waals surface area contributed by atoms with Crippen molar-refractivity contribution >= 4 is 19.2 Å². The number of rotatable bonds is 4. The maximum absolute atomic E-state index is 13.3. The van der Waals surface area contributed by atoms with Crippen LogP contribution in [0, 0.1) is 0 Å². The summed E-state index contributed by atoms with van der Waals surface area (Å²) in [5.41, 5.74) is -0.979. The molecule has 0 saturated carbocycles. The number of hydrogen-bond acceptors (Lipinski definition) is 1. The predicted octanol–water partition coefficient (Wildman–Crippen LogP) is 3.73.